The Morgan fingerprint density at radius 3 is 2.68 bits per heavy atom. The van der Waals surface area contributed by atoms with Gasteiger partial charge in [-0.05, 0) is 41.5 Å². The van der Waals surface area contributed by atoms with Gasteiger partial charge in [0.05, 0.1) is 18.7 Å². The molecule has 0 aliphatic heterocycles. The van der Waals surface area contributed by atoms with Crippen molar-refractivity contribution in [2.24, 2.45) is 0 Å². The topological polar surface area (TPSA) is 59.3 Å². The normalized spacial score (nSPS) is 10.2. The van der Waals surface area contributed by atoms with E-state index in [0.717, 1.165) is 16.9 Å². The molecule has 0 saturated carbocycles. The molecule has 0 spiro atoms. The Hall–Kier alpha value is -3.06. The molecule has 0 unspecified atom stereocenters. The molecule has 0 aliphatic carbocycles. The van der Waals surface area contributed by atoms with Crippen LogP contribution in [-0.2, 0) is 16.1 Å². The van der Waals surface area contributed by atoms with Crippen LogP contribution in [0.2, 0.25) is 0 Å². The molecular weight excluding hydrogens is 278 g/mol. The molecule has 4 nitrogen and oxygen atoms in total. The number of hydrogen-bond donors (Lipinski definition) is 0. The van der Waals surface area contributed by atoms with Gasteiger partial charge >= 0.3 is 5.97 Å². The number of carbonyl (C=O) groups excluding carboxylic acids is 1. The molecule has 0 radical (unpaired) electrons. The summed E-state index contributed by atoms with van der Waals surface area (Å²) in [6.07, 6.45) is 3.04. The standard InChI is InChI=1S/C18H15NO3/c1-21-17-4-2-3-14(11-17)9-10-18(20)22-13-16-7-5-15(12-19)6-8-16/h2-11H,13H2,1H3/b10-9+. The molecular formula is C18H15NO3. The fourth-order valence-electron chi connectivity index (χ4n) is 1.79. The van der Waals surface area contributed by atoms with E-state index in [2.05, 4.69) is 0 Å². The average Bonchev–Trinajstić information content (AvgIpc) is 2.58. The number of esters is 1. The summed E-state index contributed by atoms with van der Waals surface area (Å²) in [6, 6.07) is 16.3. The predicted octanol–water partition coefficient (Wildman–Crippen LogP) is 3.32. The average molecular weight is 293 g/mol. The maximum atomic E-state index is 11.7. The molecule has 0 atom stereocenters. The minimum Gasteiger partial charge on any atom is -0.497 e. The Morgan fingerprint density at radius 1 is 1.23 bits per heavy atom. The van der Waals surface area contributed by atoms with Gasteiger partial charge in [0.2, 0.25) is 0 Å². The largest absolute Gasteiger partial charge is 0.497 e. The van der Waals surface area contributed by atoms with Crippen molar-refractivity contribution >= 4 is 12.0 Å². The minimum atomic E-state index is -0.424. The first-order chi connectivity index (χ1) is 10.7. The smallest absolute Gasteiger partial charge is 0.331 e. The van der Waals surface area contributed by atoms with Gasteiger partial charge in [0.15, 0.2) is 0 Å². The van der Waals surface area contributed by atoms with Crippen LogP contribution >= 0.6 is 0 Å². The first-order valence-electron chi connectivity index (χ1n) is 6.69. The summed E-state index contributed by atoms with van der Waals surface area (Å²) in [5.41, 5.74) is 2.27. The Balaban J connectivity index is 1.89. The summed E-state index contributed by atoms with van der Waals surface area (Å²) in [4.78, 5) is 11.7. The summed E-state index contributed by atoms with van der Waals surface area (Å²) in [7, 11) is 1.59. The third-order valence-electron chi connectivity index (χ3n) is 2.97. The van der Waals surface area contributed by atoms with Crippen LogP contribution < -0.4 is 4.74 Å². The van der Waals surface area contributed by atoms with Crippen molar-refractivity contribution in [1.29, 1.82) is 5.26 Å². The lowest BCUT2D eigenvalue weighted by Crippen LogP contribution is -2.00. The van der Waals surface area contributed by atoms with Crippen molar-refractivity contribution in [2.45, 2.75) is 6.61 Å². The Labute approximate surface area is 129 Å². The number of nitrogens with zero attached hydrogens (tertiary/aromatic N) is 1. The monoisotopic (exact) mass is 293 g/mol. The van der Waals surface area contributed by atoms with Crippen molar-refractivity contribution in [1.82, 2.24) is 0 Å². The van der Waals surface area contributed by atoms with Gasteiger partial charge in [-0.15, -0.1) is 0 Å². The summed E-state index contributed by atoms with van der Waals surface area (Å²) < 4.78 is 10.3. The first-order valence-corrected chi connectivity index (χ1v) is 6.69. The molecule has 2 rings (SSSR count). The summed E-state index contributed by atoms with van der Waals surface area (Å²) >= 11 is 0. The van der Waals surface area contributed by atoms with Crippen molar-refractivity contribution in [3.05, 3.63) is 71.3 Å². The highest BCUT2D eigenvalue weighted by molar-refractivity contribution is 5.87. The van der Waals surface area contributed by atoms with Crippen LogP contribution in [0.25, 0.3) is 6.08 Å². The van der Waals surface area contributed by atoms with Gasteiger partial charge in [-0.25, -0.2) is 4.79 Å². The fourth-order valence-corrected chi connectivity index (χ4v) is 1.79. The number of hydrogen-bond acceptors (Lipinski definition) is 4. The van der Waals surface area contributed by atoms with E-state index in [-0.39, 0.29) is 6.61 Å². The maximum Gasteiger partial charge on any atom is 0.331 e. The lowest BCUT2D eigenvalue weighted by Gasteiger charge is -2.02. The van der Waals surface area contributed by atoms with E-state index < -0.39 is 5.97 Å². The van der Waals surface area contributed by atoms with Crippen molar-refractivity contribution in [3.8, 4) is 11.8 Å². The number of benzene rings is 2. The molecule has 0 amide bonds. The highest BCUT2D eigenvalue weighted by Gasteiger charge is 2.00. The van der Waals surface area contributed by atoms with Crippen LogP contribution in [0.3, 0.4) is 0 Å². The molecule has 0 bridgehead atoms. The van der Waals surface area contributed by atoms with Crippen molar-refractivity contribution < 1.29 is 14.3 Å². The molecule has 2 aromatic carbocycles. The van der Waals surface area contributed by atoms with Crippen LogP contribution in [0.15, 0.2) is 54.6 Å². The molecule has 0 heterocycles. The minimum absolute atomic E-state index is 0.174. The molecule has 2 aromatic rings. The van der Waals surface area contributed by atoms with E-state index in [1.54, 1.807) is 37.5 Å². The number of nitriles is 1. The van der Waals surface area contributed by atoms with Crippen LogP contribution in [0, 0.1) is 11.3 Å². The van der Waals surface area contributed by atoms with Gasteiger partial charge in [-0.2, -0.15) is 5.26 Å². The quantitative estimate of drug-likeness (QED) is 0.626. The Morgan fingerprint density at radius 2 is 2.00 bits per heavy atom. The Kier molecular flexibility index (Phi) is 5.33. The van der Waals surface area contributed by atoms with Gasteiger partial charge < -0.3 is 9.47 Å². The first kappa shape index (κ1) is 15.3. The second-order valence-electron chi connectivity index (χ2n) is 4.53. The van der Waals surface area contributed by atoms with Crippen LogP contribution in [0.5, 0.6) is 5.75 Å². The summed E-state index contributed by atoms with van der Waals surface area (Å²) in [6.45, 7) is 0.174. The van der Waals surface area contributed by atoms with Gasteiger partial charge in [0.1, 0.15) is 12.4 Å². The summed E-state index contributed by atoms with van der Waals surface area (Å²) in [5, 5.41) is 8.71. The van der Waals surface area contributed by atoms with Gasteiger partial charge in [0.25, 0.3) is 0 Å². The van der Waals surface area contributed by atoms with Gasteiger partial charge in [0, 0.05) is 6.08 Å². The number of carbonyl (C=O) groups is 1. The third-order valence-corrected chi connectivity index (χ3v) is 2.97. The number of ether oxygens (including phenoxy) is 2. The zero-order valence-corrected chi connectivity index (χ0v) is 12.2. The zero-order chi connectivity index (χ0) is 15.8. The van der Waals surface area contributed by atoms with Crippen molar-refractivity contribution in [3.63, 3.8) is 0 Å². The molecule has 0 N–H and O–H groups in total. The highest BCUT2D eigenvalue weighted by Crippen LogP contribution is 2.13. The molecule has 0 aromatic heterocycles. The fraction of sp³-hybridized carbons (Fsp3) is 0.111. The number of rotatable bonds is 5. The maximum absolute atomic E-state index is 11.7. The lowest BCUT2D eigenvalue weighted by molar-refractivity contribution is -0.138. The molecule has 0 fully saturated rings. The molecule has 22 heavy (non-hydrogen) atoms. The molecule has 0 aliphatic rings. The zero-order valence-electron chi connectivity index (χ0n) is 12.2. The highest BCUT2D eigenvalue weighted by atomic mass is 16.5. The second kappa shape index (κ2) is 7.65. The van der Waals surface area contributed by atoms with Crippen LogP contribution in [-0.4, -0.2) is 13.1 Å². The number of methoxy groups -OCH3 is 1. The SMILES string of the molecule is COc1cccc(/C=C/C(=O)OCc2ccc(C#N)cc2)c1. The molecule has 110 valence electrons. The molecule has 0 saturated heterocycles. The lowest BCUT2D eigenvalue weighted by atomic mass is 10.2. The van der Waals surface area contributed by atoms with E-state index in [1.165, 1.54) is 6.08 Å². The van der Waals surface area contributed by atoms with E-state index in [4.69, 9.17) is 14.7 Å². The Bertz CT molecular complexity index is 712. The van der Waals surface area contributed by atoms with Gasteiger partial charge in [-0.3, -0.25) is 0 Å². The van der Waals surface area contributed by atoms with Crippen LogP contribution in [0.1, 0.15) is 16.7 Å². The van der Waals surface area contributed by atoms with E-state index in [1.807, 2.05) is 30.3 Å². The van der Waals surface area contributed by atoms with Gasteiger partial charge in [-0.1, -0.05) is 24.3 Å². The summed E-state index contributed by atoms with van der Waals surface area (Å²) in [5.74, 6) is 0.306. The third kappa shape index (κ3) is 4.50. The van der Waals surface area contributed by atoms with Crippen molar-refractivity contribution in [2.75, 3.05) is 7.11 Å². The van der Waals surface area contributed by atoms with E-state index >= 15 is 0 Å². The van der Waals surface area contributed by atoms with E-state index in [9.17, 15) is 4.79 Å². The second-order valence-corrected chi connectivity index (χ2v) is 4.53. The predicted molar refractivity (Wildman–Crippen MR) is 83.0 cm³/mol. The molecule has 4 heteroatoms. The van der Waals surface area contributed by atoms with E-state index in [0.29, 0.717) is 5.56 Å². The van der Waals surface area contributed by atoms with Crippen LogP contribution in [0.4, 0.5) is 0 Å².